The van der Waals surface area contributed by atoms with Crippen LogP contribution in [0.3, 0.4) is 0 Å². The van der Waals surface area contributed by atoms with Crippen molar-refractivity contribution in [2.45, 2.75) is 12.8 Å². The monoisotopic (exact) mass is 248 g/mol. The summed E-state index contributed by atoms with van der Waals surface area (Å²) in [6, 6.07) is 12.3. The zero-order valence-electron chi connectivity index (χ0n) is 10.4. The van der Waals surface area contributed by atoms with Crippen molar-refractivity contribution in [3.05, 3.63) is 52.4 Å². The standard InChI is InChI=1S/C16H13BO2/c18-17(19)15-9-8-13-11-5-2-1-4-10(11)12-6-3-7-14(15)16(12)13/h1-2,4-5,7-9,18-19H,3,6H2. The maximum atomic E-state index is 9.52. The summed E-state index contributed by atoms with van der Waals surface area (Å²) >= 11 is 0. The summed E-state index contributed by atoms with van der Waals surface area (Å²) < 4.78 is 0. The highest BCUT2D eigenvalue weighted by molar-refractivity contribution is 6.58. The molecule has 2 aliphatic rings. The molecule has 0 saturated heterocycles. The number of hydrogen-bond donors (Lipinski definition) is 2. The highest BCUT2D eigenvalue weighted by Crippen LogP contribution is 2.33. The lowest BCUT2D eigenvalue weighted by molar-refractivity contribution is 0.425. The van der Waals surface area contributed by atoms with Crippen LogP contribution in [-0.4, -0.2) is 17.2 Å². The predicted molar refractivity (Wildman–Crippen MR) is 77.2 cm³/mol. The number of rotatable bonds is 1. The average Bonchev–Trinajstić information content (AvgIpc) is 2.76. The molecule has 0 radical (unpaired) electrons. The minimum Gasteiger partial charge on any atom is -0.423 e. The first-order chi connectivity index (χ1) is 9.27. The largest absolute Gasteiger partial charge is 0.489 e. The summed E-state index contributed by atoms with van der Waals surface area (Å²) in [6.45, 7) is 0. The van der Waals surface area contributed by atoms with Gasteiger partial charge in [0.15, 0.2) is 0 Å². The summed E-state index contributed by atoms with van der Waals surface area (Å²) in [4.78, 5) is 0. The Morgan fingerprint density at radius 2 is 1.68 bits per heavy atom. The van der Waals surface area contributed by atoms with Gasteiger partial charge in [-0.3, -0.25) is 0 Å². The lowest BCUT2D eigenvalue weighted by atomic mass is 9.76. The predicted octanol–water partition coefficient (Wildman–Crippen LogP) is 0.120. The summed E-state index contributed by atoms with van der Waals surface area (Å²) in [5.74, 6) is 0. The van der Waals surface area contributed by atoms with Gasteiger partial charge in [-0.05, 0) is 51.0 Å². The smallest absolute Gasteiger partial charge is 0.423 e. The van der Waals surface area contributed by atoms with E-state index >= 15 is 0 Å². The highest BCUT2D eigenvalue weighted by atomic mass is 16.4. The number of fused-ring (bicyclic) bond motifs is 3. The van der Waals surface area contributed by atoms with Crippen LogP contribution in [0.1, 0.15) is 18.4 Å². The zero-order chi connectivity index (χ0) is 13.0. The van der Waals surface area contributed by atoms with Gasteiger partial charge in [0.25, 0.3) is 0 Å². The number of hydrogen-bond acceptors (Lipinski definition) is 2. The van der Waals surface area contributed by atoms with Crippen molar-refractivity contribution in [3.63, 3.8) is 0 Å². The van der Waals surface area contributed by atoms with E-state index in [-0.39, 0.29) is 0 Å². The molecule has 4 rings (SSSR count). The molecule has 0 spiro atoms. The van der Waals surface area contributed by atoms with Crippen LogP contribution in [0.5, 0.6) is 0 Å². The van der Waals surface area contributed by atoms with Crippen LogP contribution in [0.4, 0.5) is 0 Å². The van der Waals surface area contributed by atoms with Gasteiger partial charge in [0.1, 0.15) is 0 Å². The lowest BCUT2D eigenvalue weighted by Gasteiger charge is -2.10. The van der Waals surface area contributed by atoms with Gasteiger partial charge in [-0.15, -0.1) is 0 Å². The minimum atomic E-state index is -1.40. The Hall–Kier alpha value is -1.84. The topological polar surface area (TPSA) is 40.5 Å². The molecule has 0 aromatic heterocycles. The molecule has 2 aliphatic carbocycles. The van der Waals surface area contributed by atoms with E-state index in [2.05, 4.69) is 30.3 Å². The molecule has 0 atom stereocenters. The molecular weight excluding hydrogens is 235 g/mol. The van der Waals surface area contributed by atoms with E-state index in [0.717, 1.165) is 18.1 Å². The molecule has 2 nitrogen and oxygen atoms in total. The normalized spacial score (nSPS) is 14.7. The molecule has 0 bridgehead atoms. The maximum absolute atomic E-state index is 9.52. The Bertz CT molecular complexity index is 806. The van der Waals surface area contributed by atoms with Crippen molar-refractivity contribution in [2.24, 2.45) is 0 Å². The third-order valence-electron chi connectivity index (χ3n) is 4.14. The van der Waals surface area contributed by atoms with Crippen molar-refractivity contribution in [1.29, 1.82) is 0 Å². The van der Waals surface area contributed by atoms with Crippen LogP contribution in [0.25, 0.3) is 22.8 Å². The van der Waals surface area contributed by atoms with E-state index in [1.165, 1.54) is 27.5 Å². The fraction of sp³-hybridized carbons (Fsp3) is 0.125. The molecule has 0 unspecified atom stereocenters. The van der Waals surface area contributed by atoms with Gasteiger partial charge in [0, 0.05) is 0 Å². The molecule has 92 valence electrons. The van der Waals surface area contributed by atoms with E-state index in [0.29, 0.717) is 5.46 Å². The summed E-state index contributed by atoms with van der Waals surface area (Å²) in [5.41, 5.74) is 5.76. The molecule has 2 aromatic rings. The van der Waals surface area contributed by atoms with Crippen LogP contribution in [0, 0.1) is 0 Å². The van der Waals surface area contributed by atoms with Crippen LogP contribution in [0.15, 0.2) is 36.4 Å². The van der Waals surface area contributed by atoms with Crippen molar-refractivity contribution >= 4 is 24.2 Å². The fourth-order valence-electron chi connectivity index (χ4n) is 3.37. The van der Waals surface area contributed by atoms with Gasteiger partial charge >= 0.3 is 7.12 Å². The van der Waals surface area contributed by atoms with Crippen molar-refractivity contribution in [2.75, 3.05) is 0 Å². The third kappa shape index (κ3) is 1.40. The van der Waals surface area contributed by atoms with Crippen molar-refractivity contribution in [3.8, 4) is 11.1 Å². The van der Waals surface area contributed by atoms with Gasteiger partial charge in [0.05, 0.1) is 0 Å². The van der Waals surface area contributed by atoms with Gasteiger partial charge in [0.2, 0.25) is 0 Å². The van der Waals surface area contributed by atoms with E-state index in [9.17, 15) is 10.0 Å². The van der Waals surface area contributed by atoms with Gasteiger partial charge < -0.3 is 10.0 Å². The second-order valence-corrected chi connectivity index (χ2v) is 5.13. The van der Waals surface area contributed by atoms with Crippen LogP contribution in [0.2, 0.25) is 0 Å². The Balaban J connectivity index is 2.19. The highest BCUT2D eigenvalue weighted by Gasteiger charge is 2.24. The summed E-state index contributed by atoms with van der Waals surface area (Å²) in [7, 11) is -1.40. The molecule has 0 heterocycles. The quantitative estimate of drug-likeness (QED) is 0.704. The van der Waals surface area contributed by atoms with E-state index in [1.807, 2.05) is 12.1 Å². The number of benzene rings is 2. The first kappa shape index (κ1) is 11.0. The lowest BCUT2D eigenvalue weighted by Crippen LogP contribution is -2.49. The molecule has 3 heteroatoms. The Morgan fingerprint density at radius 1 is 0.895 bits per heavy atom. The van der Waals surface area contributed by atoms with E-state index in [4.69, 9.17) is 0 Å². The first-order valence-corrected chi connectivity index (χ1v) is 6.59. The van der Waals surface area contributed by atoms with Crippen LogP contribution >= 0.6 is 0 Å². The maximum Gasteiger partial charge on any atom is 0.489 e. The molecule has 0 aliphatic heterocycles. The van der Waals surface area contributed by atoms with Gasteiger partial charge in [-0.25, -0.2) is 0 Å². The van der Waals surface area contributed by atoms with Gasteiger partial charge in [-0.1, -0.05) is 42.5 Å². The molecular formula is C16H13BO2. The SMILES string of the molecule is OB(O)c1ccc2c3c1=CCCC=3c1ccccc1-2. The van der Waals surface area contributed by atoms with E-state index in [1.54, 1.807) is 0 Å². The van der Waals surface area contributed by atoms with Crippen molar-refractivity contribution in [1.82, 2.24) is 0 Å². The molecule has 19 heavy (non-hydrogen) atoms. The second-order valence-electron chi connectivity index (χ2n) is 5.13. The van der Waals surface area contributed by atoms with Crippen LogP contribution < -0.4 is 15.9 Å². The molecule has 0 saturated carbocycles. The Morgan fingerprint density at radius 3 is 2.47 bits per heavy atom. The Labute approximate surface area is 111 Å². The first-order valence-electron chi connectivity index (χ1n) is 6.59. The molecule has 2 N–H and O–H groups in total. The summed E-state index contributed by atoms with van der Waals surface area (Å²) in [5, 5.41) is 21.3. The zero-order valence-corrected chi connectivity index (χ0v) is 10.4. The summed E-state index contributed by atoms with van der Waals surface area (Å²) in [6.07, 6.45) is 4.12. The van der Waals surface area contributed by atoms with Crippen LogP contribution in [-0.2, 0) is 0 Å². The third-order valence-corrected chi connectivity index (χ3v) is 4.14. The molecule has 0 fully saturated rings. The molecule has 0 amide bonds. The van der Waals surface area contributed by atoms with E-state index < -0.39 is 7.12 Å². The van der Waals surface area contributed by atoms with Gasteiger partial charge in [-0.2, -0.15) is 0 Å². The van der Waals surface area contributed by atoms with Crippen molar-refractivity contribution < 1.29 is 10.0 Å². The molecule has 2 aromatic carbocycles. The Kier molecular flexibility index (Phi) is 2.22. The second kappa shape index (κ2) is 3.83. The fourth-order valence-corrected chi connectivity index (χ4v) is 3.37. The average molecular weight is 248 g/mol. The minimum absolute atomic E-state index is 0.615.